The second-order valence-electron chi connectivity index (χ2n) is 3.46. The van der Waals surface area contributed by atoms with Gasteiger partial charge in [-0.05, 0) is 36.4 Å². The van der Waals surface area contributed by atoms with Crippen LogP contribution in [0, 0.1) is 18.6 Å². The third-order valence-corrected chi connectivity index (χ3v) is 2.96. The zero-order valence-electron chi connectivity index (χ0n) is 8.95. The molecule has 0 saturated carbocycles. The Labute approximate surface area is 101 Å². The van der Waals surface area contributed by atoms with Gasteiger partial charge in [0.15, 0.2) is 5.16 Å². The van der Waals surface area contributed by atoms with Gasteiger partial charge in [-0.15, -0.1) is 0 Å². The van der Waals surface area contributed by atoms with Crippen LogP contribution in [0.4, 0.5) is 14.5 Å². The first kappa shape index (κ1) is 11.8. The highest BCUT2D eigenvalue weighted by atomic mass is 32.2. The number of aromatic nitrogens is 2. The monoisotopic (exact) mass is 253 g/mol. The number of nitrogens with zero attached hydrogens (tertiary/aromatic N) is 2. The van der Waals surface area contributed by atoms with E-state index in [-0.39, 0.29) is 15.7 Å². The molecule has 3 nitrogen and oxygen atoms in total. The second kappa shape index (κ2) is 4.67. The van der Waals surface area contributed by atoms with Gasteiger partial charge in [0.05, 0.1) is 4.90 Å². The number of aryl methyl sites for hydroxylation is 1. The van der Waals surface area contributed by atoms with E-state index in [2.05, 4.69) is 9.97 Å². The molecule has 0 amide bonds. The predicted molar refractivity (Wildman–Crippen MR) is 61.7 cm³/mol. The molecule has 0 aliphatic carbocycles. The summed E-state index contributed by atoms with van der Waals surface area (Å²) in [5.74, 6) is -1.42. The van der Waals surface area contributed by atoms with Crippen molar-refractivity contribution in [3.8, 4) is 0 Å². The second-order valence-corrected chi connectivity index (χ2v) is 4.44. The summed E-state index contributed by atoms with van der Waals surface area (Å²) >= 11 is 0.830. The van der Waals surface area contributed by atoms with E-state index in [4.69, 9.17) is 5.73 Å². The largest absolute Gasteiger partial charge is 0.399 e. The molecule has 0 saturated heterocycles. The molecule has 0 fully saturated rings. The van der Waals surface area contributed by atoms with Crippen molar-refractivity contribution in [2.24, 2.45) is 0 Å². The van der Waals surface area contributed by atoms with Crippen molar-refractivity contribution in [2.45, 2.75) is 17.0 Å². The van der Waals surface area contributed by atoms with Gasteiger partial charge in [0.25, 0.3) is 0 Å². The van der Waals surface area contributed by atoms with E-state index < -0.39 is 11.6 Å². The van der Waals surface area contributed by atoms with Crippen LogP contribution in [0.3, 0.4) is 0 Å². The van der Waals surface area contributed by atoms with Crippen LogP contribution in [-0.4, -0.2) is 9.97 Å². The Morgan fingerprint density at radius 1 is 1.12 bits per heavy atom. The molecule has 0 atom stereocenters. The van der Waals surface area contributed by atoms with Gasteiger partial charge in [-0.25, -0.2) is 18.7 Å². The van der Waals surface area contributed by atoms with Crippen molar-refractivity contribution in [3.63, 3.8) is 0 Å². The summed E-state index contributed by atoms with van der Waals surface area (Å²) in [6.45, 7) is 1.83. The third-order valence-electron chi connectivity index (χ3n) is 1.97. The number of anilines is 1. The first-order chi connectivity index (χ1) is 8.06. The van der Waals surface area contributed by atoms with Gasteiger partial charge >= 0.3 is 0 Å². The highest BCUT2D eigenvalue weighted by Gasteiger charge is 2.13. The van der Waals surface area contributed by atoms with Crippen molar-refractivity contribution in [1.29, 1.82) is 0 Å². The molecule has 6 heteroatoms. The smallest absolute Gasteiger partial charge is 0.192 e. The van der Waals surface area contributed by atoms with E-state index in [0.717, 1.165) is 29.5 Å². The molecule has 17 heavy (non-hydrogen) atoms. The fourth-order valence-electron chi connectivity index (χ4n) is 1.20. The fourth-order valence-corrected chi connectivity index (χ4v) is 1.91. The van der Waals surface area contributed by atoms with Crippen LogP contribution >= 0.6 is 11.8 Å². The maximum atomic E-state index is 13.5. The lowest BCUT2D eigenvalue weighted by atomic mass is 10.3. The lowest BCUT2D eigenvalue weighted by Crippen LogP contribution is -1.94. The summed E-state index contributed by atoms with van der Waals surface area (Å²) in [5.41, 5.74) is 6.25. The Kier molecular flexibility index (Phi) is 3.23. The van der Waals surface area contributed by atoms with E-state index in [1.165, 1.54) is 0 Å². The average Bonchev–Trinajstić information content (AvgIpc) is 2.26. The minimum Gasteiger partial charge on any atom is -0.399 e. The zero-order valence-corrected chi connectivity index (χ0v) is 9.76. The van der Waals surface area contributed by atoms with E-state index >= 15 is 0 Å². The highest BCUT2D eigenvalue weighted by Crippen LogP contribution is 2.30. The maximum absolute atomic E-state index is 13.5. The fraction of sp³-hybridized carbons (Fsp3) is 0.0909. The average molecular weight is 253 g/mol. The molecule has 1 heterocycles. The summed E-state index contributed by atoms with van der Waals surface area (Å²) in [6.07, 6.45) is 3.17. The molecule has 2 rings (SSSR count). The van der Waals surface area contributed by atoms with Gasteiger partial charge < -0.3 is 5.73 Å². The summed E-state index contributed by atoms with van der Waals surface area (Å²) in [4.78, 5) is 7.78. The van der Waals surface area contributed by atoms with E-state index in [1.54, 1.807) is 12.4 Å². The number of rotatable bonds is 2. The Hall–Kier alpha value is -1.69. The first-order valence-electron chi connectivity index (χ1n) is 4.77. The van der Waals surface area contributed by atoms with Crippen LogP contribution < -0.4 is 5.73 Å². The highest BCUT2D eigenvalue weighted by molar-refractivity contribution is 7.99. The van der Waals surface area contributed by atoms with Crippen molar-refractivity contribution in [3.05, 3.63) is 41.7 Å². The van der Waals surface area contributed by atoms with Crippen molar-refractivity contribution in [1.82, 2.24) is 9.97 Å². The number of benzene rings is 1. The molecular formula is C11H9F2N3S. The molecule has 0 aliphatic rings. The maximum Gasteiger partial charge on any atom is 0.192 e. The van der Waals surface area contributed by atoms with Gasteiger partial charge in [-0.2, -0.15) is 0 Å². The summed E-state index contributed by atoms with van der Waals surface area (Å²) in [7, 11) is 0. The number of hydrogen-bond acceptors (Lipinski definition) is 4. The van der Waals surface area contributed by atoms with E-state index in [0.29, 0.717) is 0 Å². The van der Waals surface area contributed by atoms with Crippen molar-refractivity contribution < 1.29 is 8.78 Å². The number of halogens is 2. The summed E-state index contributed by atoms with van der Waals surface area (Å²) in [6, 6.07) is 2.14. The molecule has 0 radical (unpaired) electrons. The van der Waals surface area contributed by atoms with Crippen LogP contribution in [0.2, 0.25) is 0 Å². The molecule has 1 aromatic carbocycles. The molecule has 0 unspecified atom stereocenters. The molecule has 2 aromatic rings. The molecule has 2 N–H and O–H groups in total. The molecule has 88 valence electrons. The Bertz CT molecular complexity index is 520. The molecular weight excluding hydrogens is 244 g/mol. The first-order valence-corrected chi connectivity index (χ1v) is 5.59. The zero-order chi connectivity index (χ0) is 12.4. The molecule has 0 bridgehead atoms. The van der Waals surface area contributed by atoms with Gasteiger partial charge in [-0.1, -0.05) is 0 Å². The normalized spacial score (nSPS) is 10.5. The minimum atomic E-state index is -0.711. The van der Waals surface area contributed by atoms with Crippen molar-refractivity contribution >= 4 is 17.4 Å². The standard InChI is InChI=1S/C11H9F2N3S/c1-6-4-15-11(16-5-6)17-10-8(12)2-7(14)3-9(10)13/h2-5H,14H2,1H3. The predicted octanol–water partition coefficient (Wildman–Crippen LogP) is 2.80. The lowest BCUT2D eigenvalue weighted by Gasteiger charge is -2.04. The lowest BCUT2D eigenvalue weighted by molar-refractivity contribution is 0.541. The van der Waals surface area contributed by atoms with Crippen LogP contribution in [0.5, 0.6) is 0 Å². The van der Waals surface area contributed by atoms with Crippen LogP contribution in [0.25, 0.3) is 0 Å². The van der Waals surface area contributed by atoms with Gasteiger partial charge in [0, 0.05) is 18.1 Å². The van der Waals surface area contributed by atoms with Crippen LogP contribution in [0.15, 0.2) is 34.6 Å². The summed E-state index contributed by atoms with van der Waals surface area (Å²) in [5, 5.41) is 0.290. The van der Waals surface area contributed by atoms with Gasteiger partial charge in [0.1, 0.15) is 11.6 Å². The Morgan fingerprint density at radius 2 is 1.65 bits per heavy atom. The van der Waals surface area contributed by atoms with Crippen LogP contribution in [-0.2, 0) is 0 Å². The number of hydrogen-bond donors (Lipinski definition) is 1. The van der Waals surface area contributed by atoms with Gasteiger partial charge in [0.2, 0.25) is 0 Å². The van der Waals surface area contributed by atoms with E-state index in [1.807, 2.05) is 6.92 Å². The molecule has 0 aliphatic heterocycles. The number of nitrogen functional groups attached to an aromatic ring is 1. The van der Waals surface area contributed by atoms with Crippen molar-refractivity contribution in [2.75, 3.05) is 5.73 Å². The van der Waals surface area contributed by atoms with E-state index in [9.17, 15) is 8.78 Å². The third kappa shape index (κ3) is 2.71. The number of nitrogens with two attached hydrogens (primary N) is 1. The Balaban J connectivity index is 2.33. The quantitative estimate of drug-likeness (QED) is 0.660. The molecule has 0 spiro atoms. The molecule has 1 aromatic heterocycles. The SMILES string of the molecule is Cc1cnc(Sc2c(F)cc(N)cc2F)nc1. The Morgan fingerprint density at radius 3 is 2.18 bits per heavy atom. The topological polar surface area (TPSA) is 51.8 Å². The minimum absolute atomic E-state index is 0.0502. The van der Waals surface area contributed by atoms with Crippen LogP contribution in [0.1, 0.15) is 5.56 Å². The summed E-state index contributed by atoms with van der Waals surface area (Å²) < 4.78 is 27.0. The van der Waals surface area contributed by atoms with Gasteiger partial charge in [-0.3, -0.25) is 0 Å².